The van der Waals surface area contributed by atoms with Gasteiger partial charge in [-0.3, -0.25) is 0 Å². The van der Waals surface area contributed by atoms with Crippen LogP contribution in [0.25, 0.3) is 0 Å². The molecule has 0 amide bonds. The van der Waals surface area contributed by atoms with E-state index in [1.807, 2.05) is 12.1 Å². The summed E-state index contributed by atoms with van der Waals surface area (Å²) in [5.41, 5.74) is 1.78. The number of halogens is 3. The Morgan fingerprint density at radius 3 is 1.80 bits per heavy atom. The second-order valence-electron chi connectivity index (χ2n) is 4.14. The van der Waals surface area contributed by atoms with Gasteiger partial charge in [-0.2, -0.15) is 0 Å². The van der Waals surface area contributed by atoms with Crippen LogP contribution in [0.15, 0.2) is 24.3 Å². The monoisotopic (exact) mass is 276 g/mol. The van der Waals surface area contributed by atoms with E-state index in [2.05, 4.69) is 29.8 Å². The highest BCUT2D eigenvalue weighted by Crippen LogP contribution is 2.38. The van der Waals surface area contributed by atoms with E-state index in [0.29, 0.717) is 11.5 Å². The van der Waals surface area contributed by atoms with Crippen molar-refractivity contribution in [2.75, 3.05) is 0 Å². The van der Waals surface area contributed by atoms with Crippen molar-refractivity contribution in [3.63, 3.8) is 0 Å². The van der Waals surface area contributed by atoms with E-state index in [4.69, 9.17) is 0 Å². The molecule has 0 bridgehead atoms. The quantitative estimate of drug-likeness (QED) is 0.689. The first-order chi connectivity index (χ1) is 6.82. The fraction of sp³-hybridized carbons (Fsp3) is 0.500. The summed E-state index contributed by atoms with van der Waals surface area (Å²) < 4.78 is 26.0. The summed E-state index contributed by atoms with van der Waals surface area (Å²) in [6, 6.07) is 7.32. The first-order valence-corrected chi connectivity index (χ1v) is 5.85. The second-order valence-corrected chi connectivity index (χ2v) is 5.06. The van der Waals surface area contributed by atoms with E-state index in [9.17, 15) is 8.78 Å². The van der Waals surface area contributed by atoms with Crippen LogP contribution in [0, 0.1) is 0 Å². The third kappa shape index (κ3) is 3.26. The number of rotatable bonds is 3. The van der Waals surface area contributed by atoms with Gasteiger partial charge in [-0.1, -0.05) is 54.0 Å². The molecular weight excluding hydrogens is 262 g/mol. The molecule has 0 radical (unpaired) electrons. The highest BCUT2D eigenvalue weighted by molar-refractivity contribution is 9.09. The lowest BCUT2D eigenvalue weighted by Crippen LogP contribution is -2.16. The highest BCUT2D eigenvalue weighted by Gasteiger charge is 2.32. The maximum atomic E-state index is 13.0. The van der Waals surface area contributed by atoms with Crippen molar-refractivity contribution in [2.45, 2.75) is 37.4 Å². The zero-order chi connectivity index (χ0) is 11.6. The molecule has 0 fully saturated rings. The fourth-order valence-electron chi connectivity index (χ4n) is 1.34. The van der Waals surface area contributed by atoms with Crippen LogP contribution >= 0.6 is 15.9 Å². The lowest BCUT2D eigenvalue weighted by molar-refractivity contribution is 0.0213. The van der Waals surface area contributed by atoms with Crippen molar-refractivity contribution in [2.24, 2.45) is 0 Å². The normalized spacial score (nSPS) is 14.3. The smallest absolute Gasteiger partial charge is 0.206 e. The molecule has 0 heterocycles. The van der Waals surface area contributed by atoms with Gasteiger partial charge in [-0.25, -0.2) is 8.78 Å². The van der Waals surface area contributed by atoms with E-state index in [1.54, 1.807) is 12.1 Å². The summed E-state index contributed by atoms with van der Waals surface area (Å²) >= 11 is 3.02. The van der Waals surface area contributed by atoms with Crippen LogP contribution in [0.3, 0.4) is 0 Å². The summed E-state index contributed by atoms with van der Waals surface area (Å²) in [5.74, 6) is -2.31. The van der Waals surface area contributed by atoms with E-state index < -0.39 is 10.7 Å². The molecule has 0 aliphatic heterocycles. The van der Waals surface area contributed by atoms with Crippen LogP contribution in [0.1, 0.15) is 42.6 Å². The molecule has 1 unspecified atom stereocenters. The molecule has 15 heavy (non-hydrogen) atoms. The highest BCUT2D eigenvalue weighted by atomic mass is 79.9. The van der Waals surface area contributed by atoms with Crippen LogP contribution < -0.4 is 0 Å². The van der Waals surface area contributed by atoms with E-state index in [-0.39, 0.29) is 0 Å². The third-order valence-corrected chi connectivity index (χ3v) is 3.67. The molecule has 3 heteroatoms. The zero-order valence-electron chi connectivity index (χ0n) is 9.10. The Labute approximate surface area is 97.8 Å². The Balaban J connectivity index is 2.89. The Morgan fingerprint density at radius 1 is 1.07 bits per heavy atom. The van der Waals surface area contributed by atoms with Gasteiger partial charge >= 0.3 is 0 Å². The molecule has 0 nitrogen and oxygen atoms in total. The summed E-state index contributed by atoms with van der Waals surface area (Å²) in [6.07, 6.45) is 0. The van der Waals surface area contributed by atoms with Crippen LogP contribution in [0.2, 0.25) is 0 Å². The molecule has 84 valence electrons. The van der Waals surface area contributed by atoms with E-state index >= 15 is 0 Å². The lowest BCUT2D eigenvalue weighted by Gasteiger charge is -2.18. The zero-order valence-corrected chi connectivity index (χ0v) is 10.7. The fourth-order valence-corrected chi connectivity index (χ4v) is 1.65. The Kier molecular flexibility index (Phi) is 3.87. The van der Waals surface area contributed by atoms with Gasteiger partial charge in [0.05, 0.1) is 0 Å². The average molecular weight is 277 g/mol. The lowest BCUT2D eigenvalue weighted by atomic mass is 10.00. The molecule has 1 aromatic carbocycles. The van der Waals surface area contributed by atoms with Gasteiger partial charge in [0.1, 0.15) is 4.83 Å². The van der Waals surface area contributed by atoms with Crippen molar-refractivity contribution in [1.29, 1.82) is 0 Å². The molecular formula is C12H15BrF2. The third-order valence-electron chi connectivity index (χ3n) is 2.34. The van der Waals surface area contributed by atoms with Gasteiger partial charge in [0.15, 0.2) is 0 Å². The Hall–Kier alpha value is -0.440. The Morgan fingerprint density at radius 2 is 1.47 bits per heavy atom. The number of hydrogen-bond acceptors (Lipinski definition) is 0. The minimum atomic E-state index is -2.74. The molecule has 1 atom stereocenters. The summed E-state index contributed by atoms with van der Waals surface area (Å²) in [7, 11) is 0. The van der Waals surface area contributed by atoms with Crippen LogP contribution in [0.5, 0.6) is 0 Å². The maximum absolute atomic E-state index is 13.0. The van der Waals surface area contributed by atoms with Gasteiger partial charge in [-0.05, 0) is 17.0 Å². The number of hydrogen-bond donors (Lipinski definition) is 0. The summed E-state index contributed by atoms with van der Waals surface area (Å²) in [6.45, 7) is 5.08. The molecule has 0 aliphatic carbocycles. The topological polar surface area (TPSA) is 0 Å². The van der Waals surface area contributed by atoms with Crippen molar-refractivity contribution in [3.8, 4) is 0 Å². The molecule has 0 aromatic heterocycles. The molecule has 0 spiro atoms. The molecule has 0 aliphatic rings. The van der Waals surface area contributed by atoms with Gasteiger partial charge in [0, 0.05) is 6.92 Å². The molecule has 0 saturated carbocycles. The number of alkyl halides is 3. The summed E-state index contributed by atoms with van der Waals surface area (Å²) in [4.78, 5) is -0.911. The van der Waals surface area contributed by atoms with Crippen LogP contribution in [-0.2, 0) is 0 Å². The molecule has 0 saturated heterocycles. The second kappa shape index (κ2) is 4.60. The van der Waals surface area contributed by atoms with E-state index in [1.165, 1.54) is 0 Å². The van der Waals surface area contributed by atoms with Crippen LogP contribution in [0.4, 0.5) is 8.78 Å². The van der Waals surface area contributed by atoms with Gasteiger partial charge in [-0.15, -0.1) is 0 Å². The molecule has 1 aromatic rings. The van der Waals surface area contributed by atoms with Crippen molar-refractivity contribution in [3.05, 3.63) is 35.4 Å². The minimum absolute atomic E-state index is 0.426. The van der Waals surface area contributed by atoms with Crippen molar-refractivity contribution in [1.82, 2.24) is 0 Å². The van der Waals surface area contributed by atoms with Gasteiger partial charge in [0.25, 0.3) is 5.92 Å². The SMILES string of the molecule is CC(C)c1ccc(C(Br)C(C)(F)F)cc1. The molecule has 0 N–H and O–H groups in total. The first-order valence-electron chi connectivity index (χ1n) is 4.94. The largest absolute Gasteiger partial charge is 0.261 e. The average Bonchev–Trinajstić information content (AvgIpc) is 2.15. The van der Waals surface area contributed by atoms with Gasteiger partial charge < -0.3 is 0 Å². The van der Waals surface area contributed by atoms with E-state index in [0.717, 1.165) is 12.5 Å². The Bertz CT molecular complexity index is 311. The van der Waals surface area contributed by atoms with Crippen LogP contribution in [-0.4, -0.2) is 5.92 Å². The standard InChI is InChI=1S/C12H15BrF2/c1-8(2)9-4-6-10(7-5-9)11(13)12(3,14)15/h4-8,11H,1-3H3. The predicted octanol–water partition coefficient (Wildman–Crippen LogP) is 4.90. The molecule has 1 rings (SSSR count). The minimum Gasteiger partial charge on any atom is -0.206 e. The van der Waals surface area contributed by atoms with Crippen molar-refractivity contribution < 1.29 is 8.78 Å². The first kappa shape index (κ1) is 12.6. The maximum Gasteiger partial charge on any atom is 0.261 e. The number of benzene rings is 1. The predicted molar refractivity (Wildman–Crippen MR) is 62.8 cm³/mol. The van der Waals surface area contributed by atoms with Gasteiger partial charge in [0.2, 0.25) is 0 Å². The summed E-state index contributed by atoms with van der Waals surface area (Å²) in [5, 5.41) is 0. The van der Waals surface area contributed by atoms with Crippen molar-refractivity contribution >= 4 is 15.9 Å².